The average molecular weight is 268 g/mol. The first-order valence-corrected chi connectivity index (χ1v) is 6.29. The van der Waals surface area contributed by atoms with Gasteiger partial charge in [0, 0.05) is 19.8 Å². The van der Waals surface area contributed by atoms with Gasteiger partial charge in [-0.2, -0.15) is 0 Å². The Bertz CT molecular complexity index is 538. The minimum atomic E-state index is -2.37. The molecule has 0 aliphatic heterocycles. The summed E-state index contributed by atoms with van der Waals surface area (Å²) < 4.78 is 27.0. The molecular weight excluding hydrogens is 250 g/mol. The summed E-state index contributed by atoms with van der Waals surface area (Å²) >= 11 is 0. The largest absolute Gasteiger partial charge is 0.352 e. The van der Waals surface area contributed by atoms with E-state index in [-0.39, 0.29) is 6.54 Å². The van der Waals surface area contributed by atoms with Crippen molar-refractivity contribution in [3.8, 4) is 0 Å². The van der Waals surface area contributed by atoms with Crippen LogP contribution in [0.25, 0.3) is 5.65 Å². The van der Waals surface area contributed by atoms with Gasteiger partial charge in [0.1, 0.15) is 5.65 Å². The van der Waals surface area contributed by atoms with Crippen LogP contribution >= 0.6 is 0 Å². The van der Waals surface area contributed by atoms with E-state index in [4.69, 9.17) is 0 Å². The average Bonchev–Trinajstić information content (AvgIpc) is 2.74. The molecule has 0 radical (unpaired) electrons. The van der Waals surface area contributed by atoms with Crippen LogP contribution in [-0.4, -0.2) is 35.9 Å². The van der Waals surface area contributed by atoms with Crippen LogP contribution in [0.1, 0.15) is 12.6 Å². The number of alkyl halides is 2. The van der Waals surface area contributed by atoms with Gasteiger partial charge >= 0.3 is 0 Å². The molecule has 4 nitrogen and oxygen atoms in total. The lowest BCUT2D eigenvalue weighted by molar-refractivity contribution is 0.156. The summed E-state index contributed by atoms with van der Waals surface area (Å²) in [4.78, 5) is 5.94. The maximum Gasteiger partial charge on any atom is 0.255 e. The second-order valence-electron chi connectivity index (χ2n) is 4.36. The van der Waals surface area contributed by atoms with Crippen LogP contribution in [0.5, 0.6) is 0 Å². The summed E-state index contributed by atoms with van der Waals surface area (Å²) in [5.74, 6) is 0.604. The second kappa shape index (κ2) is 5.97. The quantitative estimate of drug-likeness (QED) is 0.871. The molecule has 0 aromatic carbocycles. The van der Waals surface area contributed by atoms with E-state index in [1.165, 1.54) is 4.90 Å². The number of rotatable bonds is 6. The van der Waals surface area contributed by atoms with Crippen LogP contribution in [-0.2, 0) is 6.54 Å². The second-order valence-corrected chi connectivity index (χ2v) is 4.36. The van der Waals surface area contributed by atoms with Crippen molar-refractivity contribution in [2.75, 3.05) is 25.0 Å². The predicted molar refractivity (Wildman–Crippen MR) is 71.8 cm³/mol. The van der Waals surface area contributed by atoms with Crippen molar-refractivity contribution in [2.45, 2.75) is 19.9 Å². The van der Waals surface area contributed by atoms with Gasteiger partial charge in [-0.25, -0.2) is 13.8 Å². The molecule has 19 heavy (non-hydrogen) atoms. The number of nitrogens with one attached hydrogen (secondary N) is 1. The van der Waals surface area contributed by atoms with Gasteiger partial charge in [0.25, 0.3) is 6.43 Å². The molecule has 0 spiro atoms. The fourth-order valence-corrected chi connectivity index (χ4v) is 2.04. The van der Waals surface area contributed by atoms with Gasteiger partial charge < -0.3 is 14.6 Å². The number of nitrogens with zero attached hydrogens (tertiary/aromatic N) is 3. The van der Waals surface area contributed by atoms with Gasteiger partial charge in [-0.05, 0) is 18.7 Å². The molecule has 0 aliphatic rings. The number of pyridine rings is 1. The Hall–Kier alpha value is -1.69. The molecule has 2 aromatic rings. The highest BCUT2D eigenvalue weighted by Gasteiger charge is 2.17. The number of imidazole rings is 1. The molecule has 0 saturated heterocycles. The third kappa shape index (κ3) is 3.01. The van der Waals surface area contributed by atoms with Crippen molar-refractivity contribution in [1.29, 1.82) is 0 Å². The van der Waals surface area contributed by atoms with Crippen LogP contribution in [0.15, 0.2) is 24.4 Å². The number of halogens is 2. The number of hydrogen-bond donors (Lipinski definition) is 1. The third-order valence-corrected chi connectivity index (χ3v) is 2.92. The van der Waals surface area contributed by atoms with E-state index in [2.05, 4.69) is 10.3 Å². The Morgan fingerprint density at radius 2 is 2.21 bits per heavy atom. The van der Waals surface area contributed by atoms with Gasteiger partial charge in [0.05, 0.1) is 12.2 Å². The van der Waals surface area contributed by atoms with E-state index in [1.54, 1.807) is 7.05 Å². The zero-order valence-electron chi connectivity index (χ0n) is 11.1. The Morgan fingerprint density at radius 1 is 1.42 bits per heavy atom. The van der Waals surface area contributed by atoms with Crippen molar-refractivity contribution < 1.29 is 8.78 Å². The zero-order valence-corrected chi connectivity index (χ0v) is 11.1. The normalized spacial score (nSPS) is 11.4. The Balaban J connectivity index is 2.40. The third-order valence-electron chi connectivity index (χ3n) is 2.92. The van der Waals surface area contributed by atoms with Crippen molar-refractivity contribution in [2.24, 2.45) is 0 Å². The van der Waals surface area contributed by atoms with E-state index < -0.39 is 6.43 Å². The van der Waals surface area contributed by atoms with Gasteiger partial charge in [-0.3, -0.25) is 0 Å². The van der Waals surface area contributed by atoms with Gasteiger partial charge in [0.15, 0.2) is 5.82 Å². The van der Waals surface area contributed by atoms with Gasteiger partial charge in [-0.1, -0.05) is 13.0 Å². The molecule has 1 N–H and O–H groups in total. The molecule has 2 heterocycles. The summed E-state index contributed by atoms with van der Waals surface area (Å²) in [6, 6.07) is 5.66. The molecule has 6 heteroatoms. The van der Waals surface area contributed by atoms with Crippen molar-refractivity contribution in [3.63, 3.8) is 0 Å². The maximum atomic E-state index is 12.5. The first kappa shape index (κ1) is 13.7. The van der Waals surface area contributed by atoms with Crippen molar-refractivity contribution in [1.82, 2.24) is 14.7 Å². The van der Waals surface area contributed by atoms with E-state index in [0.29, 0.717) is 12.4 Å². The first-order valence-electron chi connectivity index (χ1n) is 6.29. The highest BCUT2D eigenvalue weighted by Crippen LogP contribution is 2.21. The monoisotopic (exact) mass is 268 g/mol. The van der Waals surface area contributed by atoms with Crippen LogP contribution < -0.4 is 10.2 Å². The summed E-state index contributed by atoms with van der Waals surface area (Å²) in [6.07, 6.45) is -0.476. The van der Waals surface area contributed by atoms with E-state index >= 15 is 0 Å². The Labute approximate surface area is 111 Å². The lowest BCUT2D eigenvalue weighted by Crippen LogP contribution is -2.26. The number of hydrogen-bond acceptors (Lipinski definition) is 3. The van der Waals surface area contributed by atoms with Crippen LogP contribution in [0.2, 0.25) is 0 Å². The number of fused-ring (bicyclic) bond motifs is 1. The highest BCUT2D eigenvalue weighted by molar-refractivity contribution is 5.55. The molecule has 0 bridgehead atoms. The molecule has 0 fully saturated rings. The van der Waals surface area contributed by atoms with Crippen molar-refractivity contribution >= 4 is 11.5 Å². The molecule has 2 rings (SSSR count). The molecule has 0 amide bonds. The summed E-state index contributed by atoms with van der Waals surface area (Å²) in [5, 5.41) is 3.22. The minimum Gasteiger partial charge on any atom is -0.352 e. The smallest absolute Gasteiger partial charge is 0.255 e. The minimum absolute atomic E-state index is 0.316. The molecule has 0 saturated carbocycles. The number of anilines is 1. The molecular formula is C13H18F2N4. The Kier molecular flexibility index (Phi) is 4.31. The SMILES string of the molecule is CCNCc1c(N(C)CC(F)F)nc2ccccn12. The summed E-state index contributed by atoms with van der Waals surface area (Å²) in [5.41, 5.74) is 1.67. The lowest BCUT2D eigenvalue weighted by Gasteiger charge is -2.17. The standard InChI is InChI=1S/C13H18F2N4/c1-3-16-8-10-13(18(2)9-11(14)15)17-12-6-4-5-7-19(10)12/h4-7,11,16H,3,8-9H2,1-2H3. The molecule has 2 aromatic heterocycles. The summed E-state index contributed by atoms with van der Waals surface area (Å²) in [6.45, 7) is 3.11. The molecule has 0 atom stereocenters. The lowest BCUT2D eigenvalue weighted by atomic mass is 10.3. The first-order chi connectivity index (χ1) is 9.13. The van der Waals surface area contributed by atoms with E-state index in [9.17, 15) is 8.78 Å². The predicted octanol–water partition coefficient (Wildman–Crippen LogP) is 2.15. The topological polar surface area (TPSA) is 32.6 Å². The fraction of sp³-hybridized carbons (Fsp3) is 0.462. The number of aromatic nitrogens is 2. The van der Waals surface area contributed by atoms with Gasteiger partial charge in [0.2, 0.25) is 0 Å². The van der Waals surface area contributed by atoms with Crippen LogP contribution in [0.4, 0.5) is 14.6 Å². The van der Waals surface area contributed by atoms with E-state index in [1.807, 2.05) is 35.7 Å². The molecule has 0 aliphatic carbocycles. The van der Waals surface area contributed by atoms with Crippen LogP contribution in [0, 0.1) is 0 Å². The fourth-order valence-electron chi connectivity index (χ4n) is 2.04. The summed E-state index contributed by atoms with van der Waals surface area (Å²) in [7, 11) is 1.64. The highest BCUT2D eigenvalue weighted by atomic mass is 19.3. The van der Waals surface area contributed by atoms with Crippen molar-refractivity contribution in [3.05, 3.63) is 30.1 Å². The van der Waals surface area contributed by atoms with Crippen LogP contribution in [0.3, 0.4) is 0 Å². The van der Waals surface area contributed by atoms with Gasteiger partial charge in [-0.15, -0.1) is 0 Å². The Morgan fingerprint density at radius 3 is 2.89 bits per heavy atom. The maximum absolute atomic E-state index is 12.5. The molecule has 0 unspecified atom stereocenters. The molecule has 104 valence electrons. The zero-order chi connectivity index (χ0) is 13.8. The van der Waals surface area contributed by atoms with E-state index in [0.717, 1.165) is 17.9 Å².